The minimum Gasteiger partial charge on any atom is -0.326 e. The first kappa shape index (κ1) is 11.0. The molecule has 82 valence electrons. The molecule has 0 unspecified atom stereocenters. The summed E-state index contributed by atoms with van der Waals surface area (Å²) in [5, 5.41) is 0. The van der Waals surface area contributed by atoms with E-state index in [2.05, 4.69) is 29.0 Å². The van der Waals surface area contributed by atoms with Crippen LogP contribution in [-0.4, -0.2) is 0 Å². The molecule has 2 nitrogen and oxygen atoms in total. The first-order valence-corrected chi connectivity index (χ1v) is 5.97. The van der Waals surface area contributed by atoms with E-state index in [1.54, 1.807) is 11.9 Å². The molecular formula is C13H14N2S. The van der Waals surface area contributed by atoms with Gasteiger partial charge in [0, 0.05) is 17.1 Å². The molecule has 0 fully saturated rings. The maximum atomic E-state index is 5.54. The topological polar surface area (TPSA) is 38.0 Å². The molecule has 0 aliphatic heterocycles. The molecule has 3 N–H and O–H groups in total. The van der Waals surface area contributed by atoms with E-state index in [-0.39, 0.29) is 0 Å². The Morgan fingerprint density at radius 2 is 1.62 bits per heavy atom. The van der Waals surface area contributed by atoms with Crippen molar-refractivity contribution in [3.8, 4) is 0 Å². The molecule has 3 heteroatoms. The lowest BCUT2D eigenvalue weighted by atomic mass is 10.2. The van der Waals surface area contributed by atoms with E-state index in [1.165, 1.54) is 4.90 Å². The van der Waals surface area contributed by atoms with Crippen molar-refractivity contribution in [2.45, 2.75) is 11.4 Å². The lowest BCUT2D eigenvalue weighted by Crippen LogP contribution is -1.95. The highest BCUT2D eigenvalue weighted by Gasteiger charge is 1.95. The highest BCUT2D eigenvalue weighted by Crippen LogP contribution is 2.20. The minimum atomic E-state index is 0.594. The van der Waals surface area contributed by atoms with Gasteiger partial charge in [0.1, 0.15) is 0 Å². The monoisotopic (exact) mass is 230 g/mol. The normalized spacial score (nSPS) is 10.1. The largest absolute Gasteiger partial charge is 0.326 e. The molecule has 2 rings (SSSR count). The number of hydrogen-bond acceptors (Lipinski definition) is 3. The Morgan fingerprint density at radius 3 is 2.25 bits per heavy atom. The molecule has 2 aromatic carbocycles. The van der Waals surface area contributed by atoms with Gasteiger partial charge in [0.2, 0.25) is 0 Å². The van der Waals surface area contributed by atoms with Crippen molar-refractivity contribution < 1.29 is 0 Å². The van der Waals surface area contributed by atoms with Crippen molar-refractivity contribution in [1.82, 2.24) is 0 Å². The van der Waals surface area contributed by atoms with Crippen LogP contribution >= 0.6 is 11.9 Å². The fourth-order valence-corrected chi connectivity index (χ4v) is 1.96. The SMILES string of the molecule is NCc1ccc(SNc2ccccc2)cc1. The zero-order valence-corrected chi connectivity index (χ0v) is 9.71. The summed E-state index contributed by atoms with van der Waals surface area (Å²) < 4.78 is 3.28. The molecule has 0 radical (unpaired) electrons. The summed E-state index contributed by atoms with van der Waals surface area (Å²) in [6.45, 7) is 0.594. The molecule has 16 heavy (non-hydrogen) atoms. The summed E-state index contributed by atoms with van der Waals surface area (Å²) in [6, 6.07) is 18.4. The summed E-state index contributed by atoms with van der Waals surface area (Å²) in [5.41, 5.74) is 7.81. The van der Waals surface area contributed by atoms with E-state index in [0.29, 0.717) is 6.54 Å². The van der Waals surface area contributed by atoms with Crippen LogP contribution in [0, 0.1) is 0 Å². The van der Waals surface area contributed by atoms with Gasteiger partial charge in [0.25, 0.3) is 0 Å². The van der Waals surface area contributed by atoms with E-state index < -0.39 is 0 Å². The van der Waals surface area contributed by atoms with Gasteiger partial charge in [-0.3, -0.25) is 0 Å². The number of nitrogens with one attached hydrogen (secondary N) is 1. The van der Waals surface area contributed by atoms with Crippen LogP contribution in [0.5, 0.6) is 0 Å². The van der Waals surface area contributed by atoms with E-state index in [4.69, 9.17) is 5.73 Å². The van der Waals surface area contributed by atoms with E-state index in [0.717, 1.165) is 11.3 Å². The molecule has 0 aromatic heterocycles. The molecule has 0 heterocycles. The molecule has 0 spiro atoms. The first-order chi connectivity index (χ1) is 7.88. The van der Waals surface area contributed by atoms with Crippen LogP contribution in [-0.2, 0) is 6.54 Å². The number of benzene rings is 2. The number of anilines is 1. The van der Waals surface area contributed by atoms with Crippen LogP contribution in [0.4, 0.5) is 5.69 Å². The number of hydrogen-bond donors (Lipinski definition) is 2. The predicted molar refractivity (Wildman–Crippen MR) is 70.3 cm³/mol. The Bertz CT molecular complexity index is 425. The van der Waals surface area contributed by atoms with Gasteiger partial charge in [-0.2, -0.15) is 0 Å². The summed E-state index contributed by atoms with van der Waals surface area (Å²) in [6.07, 6.45) is 0. The number of rotatable bonds is 4. The fourth-order valence-electron chi connectivity index (χ4n) is 1.32. The summed E-state index contributed by atoms with van der Waals surface area (Å²) >= 11 is 1.60. The zero-order chi connectivity index (χ0) is 11.2. The number of nitrogens with two attached hydrogens (primary N) is 1. The minimum absolute atomic E-state index is 0.594. The van der Waals surface area contributed by atoms with Crippen LogP contribution in [0.2, 0.25) is 0 Å². The third kappa shape index (κ3) is 3.02. The summed E-state index contributed by atoms with van der Waals surface area (Å²) in [7, 11) is 0. The Balaban J connectivity index is 1.94. The van der Waals surface area contributed by atoms with E-state index in [9.17, 15) is 0 Å². The molecule has 0 amide bonds. The third-order valence-corrected chi connectivity index (χ3v) is 3.07. The molecule has 0 aliphatic carbocycles. The Labute approximate surface area is 100 Å². The second kappa shape index (κ2) is 5.58. The average molecular weight is 230 g/mol. The molecule has 0 aliphatic rings. The van der Waals surface area contributed by atoms with Crippen LogP contribution < -0.4 is 10.5 Å². The van der Waals surface area contributed by atoms with Crippen LogP contribution in [0.15, 0.2) is 59.5 Å². The second-order valence-corrected chi connectivity index (χ2v) is 4.30. The molecular weight excluding hydrogens is 216 g/mol. The van der Waals surface area contributed by atoms with E-state index in [1.807, 2.05) is 30.3 Å². The third-order valence-electron chi connectivity index (χ3n) is 2.22. The van der Waals surface area contributed by atoms with Gasteiger partial charge in [-0.15, -0.1) is 0 Å². The predicted octanol–water partition coefficient (Wildman–Crippen LogP) is 3.26. The Hall–Kier alpha value is -1.45. The summed E-state index contributed by atoms with van der Waals surface area (Å²) in [5.74, 6) is 0. The van der Waals surface area contributed by atoms with Crippen molar-refractivity contribution >= 4 is 17.6 Å². The smallest absolute Gasteiger partial charge is 0.0443 e. The van der Waals surface area contributed by atoms with Crippen LogP contribution in [0.3, 0.4) is 0 Å². The lowest BCUT2D eigenvalue weighted by molar-refractivity contribution is 1.07. The van der Waals surface area contributed by atoms with Crippen molar-refractivity contribution in [3.63, 3.8) is 0 Å². The molecule has 0 bridgehead atoms. The Kier molecular flexibility index (Phi) is 3.86. The van der Waals surface area contributed by atoms with Gasteiger partial charge >= 0.3 is 0 Å². The van der Waals surface area contributed by atoms with Gasteiger partial charge < -0.3 is 10.5 Å². The fraction of sp³-hybridized carbons (Fsp3) is 0.0769. The van der Waals surface area contributed by atoms with Gasteiger partial charge in [0.05, 0.1) is 0 Å². The molecule has 0 atom stereocenters. The average Bonchev–Trinajstić information content (AvgIpc) is 2.38. The van der Waals surface area contributed by atoms with Crippen molar-refractivity contribution in [2.75, 3.05) is 4.72 Å². The molecule has 2 aromatic rings. The van der Waals surface area contributed by atoms with Gasteiger partial charge in [-0.05, 0) is 41.8 Å². The van der Waals surface area contributed by atoms with E-state index >= 15 is 0 Å². The summed E-state index contributed by atoms with van der Waals surface area (Å²) in [4.78, 5) is 1.18. The first-order valence-electron chi connectivity index (χ1n) is 5.15. The quantitative estimate of drug-likeness (QED) is 0.792. The standard InChI is InChI=1S/C13H14N2S/c14-10-11-6-8-13(9-7-11)16-15-12-4-2-1-3-5-12/h1-9,15H,10,14H2. The lowest BCUT2D eigenvalue weighted by Gasteiger charge is -2.05. The maximum Gasteiger partial charge on any atom is 0.0443 e. The highest BCUT2D eigenvalue weighted by atomic mass is 32.2. The van der Waals surface area contributed by atoms with Crippen LogP contribution in [0.25, 0.3) is 0 Å². The van der Waals surface area contributed by atoms with Gasteiger partial charge in [-0.1, -0.05) is 30.3 Å². The molecule has 0 saturated carbocycles. The maximum absolute atomic E-state index is 5.54. The number of para-hydroxylation sites is 1. The van der Waals surface area contributed by atoms with Gasteiger partial charge in [0.15, 0.2) is 0 Å². The van der Waals surface area contributed by atoms with Crippen molar-refractivity contribution in [2.24, 2.45) is 5.73 Å². The molecule has 0 saturated heterocycles. The second-order valence-electron chi connectivity index (χ2n) is 3.42. The zero-order valence-electron chi connectivity index (χ0n) is 8.89. The Morgan fingerprint density at radius 1 is 0.938 bits per heavy atom. The highest BCUT2D eigenvalue weighted by molar-refractivity contribution is 8.00. The van der Waals surface area contributed by atoms with Crippen LogP contribution in [0.1, 0.15) is 5.56 Å². The van der Waals surface area contributed by atoms with Crippen molar-refractivity contribution in [1.29, 1.82) is 0 Å². The van der Waals surface area contributed by atoms with Gasteiger partial charge in [-0.25, -0.2) is 0 Å². The van der Waals surface area contributed by atoms with Crippen molar-refractivity contribution in [3.05, 3.63) is 60.2 Å².